The number of hydrogen-bond donors (Lipinski definition) is 3. The van der Waals surface area contributed by atoms with Crippen molar-refractivity contribution in [2.75, 3.05) is 13.2 Å². The van der Waals surface area contributed by atoms with E-state index in [1.54, 1.807) is 0 Å². The summed E-state index contributed by atoms with van der Waals surface area (Å²) in [5.74, 6) is -0.330. The molecule has 0 heterocycles. The van der Waals surface area contributed by atoms with Crippen molar-refractivity contribution in [3.8, 4) is 0 Å². The summed E-state index contributed by atoms with van der Waals surface area (Å²) in [5.41, 5.74) is 6.52. The zero-order chi connectivity index (χ0) is 25.6. The van der Waals surface area contributed by atoms with Crippen LogP contribution in [0.3, 0.4) is 0 Å². The molecule has 35 heavy (non-hydrogen) atoms. The summed E-state index contributed by atoms with van der Waals surface area (Å²) in [5, 5.41) is 23.4. The van der Waals surface area contributed by atoms with Crippen LogP contribution >= 0.6 is 0 Å². The second kappa shape index (κ2) is 12.0. The maximum Gasteiger partial charge on any atom is 0.328 e. The van der Waals surface area contributed by atoms with Gasteiger partial charge in [0.05, 0.1) is 18.8 Å². The van der Waals surface area contributed by atoms with Crippen molar-refractivity contribution in [2.24, 2.45) is 5.92 Å². The molecule has 0 fully saturated rings. The SMILES string of the molecule is CC/C(=C\C(=O)O)c1cc(C)ccc1[C@@H](C)OC[C@@H](O)CNC(C)(C)CC1Cc2ccccc2C1. The Hall–Kier alpha value is -2.47. The van der Waals surface area contributed by atoms with Crippen molar-refractivity contribution in [3.05, 3.63) is 76.4 Å². The van der Waals surface area contributed by atoms with Gasteiger partial charge in [-0.25, -0.2) is 4.79 Å². The van der Waals surface area contributed by atoms with Gasteiger partial charge in [-0.1, -0.05) is 55.0 Å². The molecular weight excluding hydrogens is 438 g/mol. The lowest BCUT2D eigenvalue weighted by Gasteiger charge is -2.31. The Balaban J connectivity index is 1.52. The third kappa shape index (κ3) is 7.76. The number of carboxylic acid groups (broad SMARTS) is 1. The molecular formula is C30H41NO4. The Morgan fingerprint density at radius 3 is 2.46 bits per heavy atom. The number of carboxylic acids is 1. The van der Waals surface area contributed by atoms with Crippen molar-refractivity contribution >= 4 is 11.5 Å². The molecule has 2 aromatic rings. The average molecular weight is 480 g/mol. The minimum Gasteiger partial charge on any atom is -0.478 e. The lowest BCUT2D eigenvalue weighted by molar-refractivity contribution is -0.131. The molecule has 0 radical (unpaired) electrons. The van der Waals surface area contributed by atoms with E-state index in [0.717, 1.165) is 41.5 Å². The normalized spacial score (nSPS) is 16.2. The van der Waals surface area contributed by atoms with E-state index < -0.39 is 12.1 Å². The van der Waals surface area contributed by atoms with Gasteiger partial charge in [0.25, 0.3) is 0 Å². The standard InChI is InChI=1S/C30H41NO4/c1-6-23(16-29(33)34)28-13-20(2)11-12-27(28)21(3)35-19-26(32)18-31-30(4,5)17-22-14-24-9-7-8-10-25(24)15-22/h7-13,16,21-22,26,31-32H,6,14-15,17-19H2,1-5H3,(H,33,34)/b23-16+/t21-,26+/m1/s1. The molecule has 1 aliphatic rings. The second-order valence-corrected chi connectivity index (χ2v) is 10.6. The van der Waals surface area contributed by atoms with E-state index in [1.165, 1.54) is 17.2 Å². The summed E-state index contributed by atoms with van der Waals surface area (Å²) < 4.78 is 6.05. The summed E-state index contributed by atoms with van der Waals surface area (Å²) in [7, 11) is 0. The number of β-amino-alcohol motifs (C(OH)–C–C–N with tert-alkyl or cyclic N) is 1. The Bertz CT molecular complexity index is 1020. The topological polar surface area (TPSA) is 78.8 Å². The Morgan fingerprint density at radius 2 is 1.86 bits per heavy atom. The predicted molar refractivity (Wildman–Crippen MR) is 141 cm³/mol. The van der Waals surface area contributed by atoms with E-state index >= 15 is 0 Å². The molecule has 1 aliphatic carbocycles. The summed E-state index contributed by atoms with van der Waals surface area (Å²) >= 11 is 0. The molecule has 3 N–H and O–H groups in total. The Kier molecular flexibility index (Phi) is 9.28. The molecule has 0 spiro atoms. The van der Waals surface area contributed by atoms with Crippen molar-refractivity contribution in [1.29, 1.82) is 0 Å². The quantitative estimate of drug-likeness (QED) is 0.351. The fraction of sp³-hybridized carbons (Fsp3) is 0.500. The highest BCUT2D eigenvalue weighted by atomic mass is 16.5. The first-order valence-electron chi connectivity index (χ1n) is 12.7. The van der Waals surface area contributed by atoms with E-state index in [0.29, 0.717) is 18.9 Å². The number of aliphatic hydroxyl groups excluding tert-OH is 1. The number of aliphatic hydroxyl groups is 1. The average Bonchev–Trinajstić information content (AvgIpc) is 3.21. The molecule has 5 nitrogen and oxygen atoms in total. The van der Waals surface area contributed by atoms with Crippen LogP contribution in [0.2, 0.25) is 0 Å². The van der Waals surface area contributed by atoms with Crippen LogP contribution in [0.1, 0.15) is 74.5 Å². The molecule has 5 heteroatoms. The maximum atomic E-state index is 11.3. The number of nitrogens with one attached hydrogen (secondary N) is 1. The van der Waals surface area contributed by atoms with Crippen LogP contribution in [0.5, 0.6) is 0 Å². The lowest BCUT2D eigenvalue weighted by atomic mass is 9.88. The van der Waals surface area contributed by atoms with Gasteiger partial charge in [0.15, 0.2) is 0 Å². The van der Waals surface area contributed by atoms with Crippen molar-refractivity contribution in [1.82, 2.24) is 5.32 Å². The summed E-state index contributed by atoms with van der Waals surface area (Å²) in [6, 6.07) is 14.7. The smallest absolute Gasteiger partial charge is 0.328 e. The predicted octanol–water partition coefficient (Wildman–Crippen LogP) is 5.48. The van der Waals surface area contributed by atoms with E-state index in [4.69, 9.17) is 4.74 Å². The molecule has 190 valence electrons. The molecule has 0 saturated carbocycles. The zero-order valence-corrected chi connectivity index (χ0v) is 21.8. The van der Waals surface area contributed by atoms with E-state index in [1.807, 2.05) is 39.0 Å². The van der Waals surface area contributed by atoms with Crippen LogP contribution in [0, 0.1) is 12.8 Å². The molecule has 0 unspecified atom stereocenters. The van der Waals surface area contributed by atoms with E-state index in [2.05, 4.69) is 43.4 Å². The highest BCUT2D eigenvalue weighted by Gasteiger charge is 2.28. The van der Waals surface area contributed by atoms with E-state index in [9.17, 15) is 15.0 Å². The molecule has 3 rings (SSSR count). The summed E-state index contributed by atoms with van der Waals surface area (Å²) in [4.78, 5) is 11.3. The molecule has 0 aliphatic heterocycles. The van der Waals surface area contributed by atoms with Crippen LogP contribution < -0.4 is 5.32 Å². The molecule has 0 amide bonds. The van der Waals surface area contributed by atoms with Crippen molar-refractivity contribution < 1.29 is 19.7 Å². The zero-order valence-electron chi connectivity index (χ0n) is 21.8. The second-order valence-electron chi connectivity index (χ2n) is 10.6. The Labute approximate surface area is 210 Å². The highest BCUT2D eigenvalue weighted by molar-refractivity contribution is 5.90. The molecule has 2 aromatic carbocycles. The van der Waals surface area contributed by atoms with Gasteiger partial charge in [0, 0.05) is 18.2 Å². The van der Waals surface area contributed by atoms with Crippen molar-refractivity contribution in [2.45, 2.75) is 78.0 Å². The first-order valence-corrected chi connectivity index (χ1v) is 12.7. The monoisotopic (exact) mass is 479 g/mol. The summed E-state index contributed by atoms with van der Waals surface area (Å²) in [6.07, 6.45) is 4.28. The minimum absolute atomic E-state index is 0.0823. The number of hydrogen-bond acceptors (Lipinski definition) is 4. The number of allylic oxidation sites excluding steroid dienone is 1. The Morgan fingerprint density at radius 1 is 1.20 bits per heavy atom. The van der Waals surface area contributed by atoms with Crippen LogP contribution in [-0.2, 0) is 22.4 Å². The largest absolute Gasteiger partial charge is 0.478 e. The number of aryl methyl sites for hydroxylation is 1. The first kappa shape index (κ1) is 27.1. The van der Waals surface area contributed by atoms with Crippen LogP contribution in [0.25, 0.3) is 5.57 Å². The molecule has 2 atom stereocenters. The van der Waals surface area contributed by atoms with Gasteiger partial charge in [0.1, 0.15) is 0 Å². The number of aliphatic carboxylic acids is 1. The number of rotatable bonds is 12. The van der Waals surface area contributed by atoms with Crippen molar-refractivity contribution in [3.63, 3.8) is 0 Å². The molecule has 0 saturated heterocycles. The first-order chi connectivity index (χ1) is 16.6. The molecule has 0 bridgehead atoms. The van der Waals surface area contributed by atoms with Crippen LogP contribution in [-0.4, -0.2) is 41.0 Å². The number of benzene rings is 2. The van der Waals surface area contributed by atoms with Gasteiger partial charge in [0.2, 0.25) is 0 Å². The number of ether oxygens (including phenoxy) is 1. The minimum atomic E-state index is -0.950. The van der Waals surface area contributed by atoms with E-state index in [-0.39, 0.29) is 18.2 Å². The number of carbonyl (C=O) groups is 1. The number of fused-ring (bicyclic) bond motifs is 1. The molecule has 0 aromatic heterocycles. The van der Waals surface area contributed by atoms with Gasteiger partial charge in [-0.15, -0.1) is 0 Å². The van der Waals surface area contributed by atoms with Gasteiger partial charge in [-0.3, -0.25) is 0 Å². The van der Waals surface area contributed by atoms with Crippen LogP contribution in [0.4, 0.5) is 0 Å². The highest BCUT2D eigenvalue weighted by Crippen LogP contribution is 2.32. The maximum absolute atomic E-state index is 11.3. The summed E-state index contributed by atoms with van der Waals surface area (Å²) in [6.45, 7) is 11.0. The van der Waals surface area contributed by atoms with Gasteiger partial charge in [-0.2, -0.15) is 0 Å². The van der Waals surface area contributed by atoms with Gasteiger partial charge in [-0.05, 0) is 87.1 Å². The van der Waals surface area contributed by atoms with Crippen LogP contribution in [0.15, 0.2) is 48.5 Å². The fourth-order valence-corrected chi connectivity index (χ4v) is 5.21. The fourth-order valence-electron chi connectivity index (χ4n) is 5.21. The lowest BCUT2D eigenvalue weighted by Crippen LogP contribution is -2.45. The third-order valence-electron chi connectivity index (χ3n) is 6.96. The van der Waals surface area contributed by atoms with Gasteiger partial charge < -0.3 is 20.3 Å². The van der Waals surface area contributed by atoms with Gasteiger partial charge >= 0.3 is 5.97 Å². The third-order valence-corrected chi connectivity index (χ3v) is 6.96.